The van der Waals surface area contributed by atoms with E-state index in [-0.39, 0.29) is 12.5 Å². The fourth-order valence-corrected chi connectivity index (χ4v) is 2.89. The first kappa shape index (κ1) is 23.6. The van der Waals surface area contributed by atoms with E-state index in [0.717, 1.165) is 24.5 Å². The molecule has 2 aromatic carbocycles. The molecule has 0 atom stereocenters. The first-order chi connectivity index (χ1) is 14.6. The highest BCUT2D eigenvalue weighted by Crippen LogP contribution is 2.24. The van der Waals surface area contributed by atoms with E-state index in [2.05, 4.69) is 31.4 Å². The van der Waals surface area contributed by atoms with Crippen LogP contribution >= 0.6 is 0 Å². The summed E-state index contributed by atoms with van der Waals surface area (Å²) in [6.45, 7) is 7.94. The average Bonchev–Trinajstić information content (AvgIpc) is 2.75. The second kappa shape index (κ2) is 13.5. The van der Waals surface area contributed by atoms with Gasteiger partial charge in [0.25, 0.3) is 0 Å². The van der Waals surface area contributed by atoms with Crippen LogP contribution in [0.5, 0.6) is 11.5 Å². The fraction of sp³-hybridized carbons (Fsp3) is 0.480. The van der Waals surface area contributed by atoms with Crippen LogP contribution in [0.15, 0.2) is 48.5 Å². The summed E-state index contributed by atoms with van der Waals surface area (Å²) in [5.41, 5.74) is 1.57. The van der Waals surface area contributed by atoms with Crippen LogP contribution in [0.3, 0.4) is 0 Å². The SMILES string of the molecule is CCCCCCCOc1ccc(NCC(=O)Nc2ccccc2OCC(C)C)cc1. The molecule has 0 aliphatic heterocycles. The molecule has 0 saturated heterocycles. The van der Waals surface area contributed by atoms with Crippen LogP contribution < -0.4 is 20.1 Å². The van der Waals surface area contributed by atoms with Crippen molar-refractivity contribution in [1.82, 2.24) is 0 Å². The molecular formula is C25H36N2O3. The molecule has 0 aromatic heterocycles. The highest BCUT2D eigenvalue weighted by atomic mass is 16.5. The van der Waals surface area contributed by atoms with Gasteiger partial charge in [-0.2, -0.15) is 0 Å². The van der Waals surface area contributed by atoms with Crippen LogP contribution in [0.1, 0.15) is 52.9 Å². The van der Waals surface area contributed by atoms with E-state index in [4.69, 9.17) is 9.47 Å². The molecule has 5 nitrogen and oxygen atoms in total. The highest BCUT2D eigenvalue weighted by Gasteiger charge is 2.08. The zero-order chi connectivity index (χ0) is 21.6. The minimum atomic E-state index is -0.122. The summed E-state index contributed by atoms with van der Waals surface area (Å²) in [6, 6.07) is 15.2. The van der Waals surface area contributed by atoms with Gasteiger partial charge < -0.3 is 20.1 Å². The molecule has 30 heavy (non-hydrogen) atoms. The van der Waals surface area contributed by atoms with Gasteiger partial charge in [-0.05, 0) is 48.7 Å². The molecule has 0 saturated carbocycles. The maximum absolute atomic E-state index is 12.3. The Bertz CT molecular complexity index is 744. The van der Waals surface area contributed by atoms with Gasteiger partial charge >= 0.3 is 0 Å². The number of unbranched alkanes of at least 4 members (excludes halogenated alkanes) is 4. The summed E-state index contributed by atoms with van der Waals surface area (Å²) in [5.74, 6) is 1.85. The van der Waals surface area contributed by atoms with Crippen molar-refractivity contribution in [3.63, 3.8) is 0 Å². The van der Waals surface area contributed by atoms with Crippen molar-refractivity contribution in [2.75, 3.05) is 30.4 Å². The monoisotopic (exact) mass is 412 g/mol. The van der Waals surface area contributed by atoms with E-state index in [0.29, 0.717) is 24.0 Å². The Morgan fingerprint density at radius 1 is 0.933 bits per heavy atom. The molecule has 0 heterocycles. The number of nitrogens with one attached hydrogen (secondary N) is 2. The van der Waals surface area contributed by atoms with Crippen LogP contribution in [0, 0.1) is 5.92 Å². The van der Waals surface area contributed by atoms with Crippen molar-refractivity contribution in [1.29, 1.82) is 0 Å². The standard InChI is InChI=1S/C25H36N2O3/c1-4-5-6-7-10-17-29-22-15-13-21(14-16-22)26-18-25(28)27-23-11-8-9-12-24(23)30-19-20(2)3/h8-9,11-16,20,26H,4-7,10,17-19H2,1-3H3,(H,27,28). The van der Waals surface area contributed by atoms with Crippen molar-refractivity contribution >= 4 is 17.3 Å². The molecular weight excluding hydrogens is 376 g/mol. The Morgan fingerprint density at radius 2 is 1.67 bits per heavy atom. The highest BCUT2D eigenvalue weighted by molar-refractivity contribution is 5.95. The molecule has 0 aliphatic carbocycles. The van der Waals surface area contributed by atoms with Crippen LogP contribution in [-0.4, -0.2) is 25.7 Å². The zero-order valence-corrected chi connectivity index (χ0v) is 18.6. The van der Waals surface area contributed by atoms with Crippen molar-refractivity contribution < 1.29 is 14.3 Å². The van der Waals surface area contributed by atoms with Gasteiger partial charge in [-0.3, -0.25) is 4.79 Å². The van der Waals surface area contributed by atoms with Gasteiger partial charge in [0.15, 0.2) is 0 Å². The van der Waals surface area contributed by atoms with Gasteiger partial charge in [0.05, 0.1) is 25.4 Å². The predicted molar refractivity (Wildman–Crippen MR) is 125 cm³/mol. The molecule has 0 fully saturated rings. The van der Waals surface area contributed by atoms with Gasteiger partial charge in [-0.15, -0.1) is 0 Å². The number of carbonyl (C=O) groups excluding carboxylic acids is 1. The molecule has 0 bridgehead atoms. The van der Waals surface area contributed by atoms with Crippen LogP contribution in [0.4, 0.5) is 11.4 Å². The Balaban J connectivity index is 1.73. The molecule has 5 heteroatoms. The summed E-state index contributed by atoms with van der Waals surface area (Å²) >= 11 is 0. The third-order valence-electron chi connectivity index (χ3n) is 4.56. The maximum Gasteiger partial charge on any atom is 0.243 e. The summed E-state index contributed by atoms with van der Waals surface area (Å²) in [6.07, 6.45) is 6.13. The lowest BCUT2D eigenvalue weighted by Crippen LogP contribution is -2.22. The second-order valence-corrected chi connectivity index (χ2v) is 7.89. The van der Waals surface area contributed by atoms with Crippen LogP contribution in [0.2, 0.25) is 0 Å². The lowest BCUT2D eigenvalue weighted by molar-refractivity contribution is -0.114. The summed E-state index contributed by atoms with van der Waals surface area (Å²) < 4.78 is 11.6. The smallest absolute Gasteiger partial charge is 0.243 e. The molecule has 2 aromatic rings. The molecule has 2 N–H and O–H groups in total. The molecule has 0 unspecified atom stereocenters. The Morgan fingerprint density at radius 3 is 2.40 bits per heavy atom. The van der Waals surface area contributed by atoms with Crippen LogP contribution in [0.25, 0.3) is 0 Å². The third kappa shape index (κ3) is 9.21. The number of benzene rings is 2. The van der Waals surface area contributed by atoms with Crippen molar-refractivity contribution in [2.24, 2.45) is 5.92 Å². The van der Waals surface area contributed by atoms with E-state index in [1.807, 2.05) is 48.5 Å². The van der Waals surface area contributed by atoms with Gasteiger partial charge in [0.1, 0.15) is 11.5 Å². The summed E-state index contributed by atoms with van der Waals surface area (Å²) in [7, 11) is 0. The largest absolute Gasteiger partial charge is 0.494 e. The number of amides is 1. The number of hydrogen-bond acceptors (Lipinski definition) is 4. The summed E-state index contributed by atoms with van der Waals surface area (Å²) in [5, 5.41) is 6.06. The fourth-order valence-electron chi connectivity index (χ4n) is 2.89. The molecule has 2 rings (SSSR count). The van der Waals surface area contributed by atoms with Crippen molar-refractivity contribution in [3.05, 3.63) is 48.5 Å². The predicted octanol–water partition coefficient (Wildman–Crippen LogP) is 6.12. The Labute approximate surface area is 181 Å². The van der Waals surface area contributed by atoms with E-state index >= 15 is 0 Å². The number of hydrogen-bond donors (Lipinski definition) is 2. The average molecular weight is 413 g/mol. The second-order valence-electron chi connectivity index (χ2n) is 7.89. The first-order valence-electron chi connectivity index (χ1n) is 11.1. The normalized spacial score (nSPS) is 10.7. The first-order valence-corrected chi connectivity index (χ1v) is 11.1. The van der Waals surface area contributed by atoms with Gasteiger partial charge in [-0.1, -0.05) is 58.6 Å². The number of ether oxygens (including phenoxy) is 2. The van der Waals surface area contributed by atoms with E-state index in [9.17, 15) is 4.79 Å². The van der Waals surface area contributed by atoms with E-state index < -0.39 is 0 Å². The minimum absolute atomic E-state index is 0.122. The lowest BCUT2D eigenvalue weighted by Gasteiger charge is -2.14. The van der Waals surface area contributed by atoms with Crippen molar-refractivity contribution in [3.8, 4) is 11.5 Å². The molecule has 0 aliphatic rings. The third-order valence-corrected chi connectivity index (χ3v) is 4.56. The zero-order valence-electron chi connectivity index (χ0n) is 18.6. The number of rotatable bonds is 14. The molecule has 164 valence electrons. The number of para-hydroxylation sites is 2. The van der Waals surface area contributed by atoms with Gasteiger partial charge in [-0.25, -0.2) is 0 Å². The van der Waals surface area contributed by atoms with Crippen LogP contribution in [-0.2, 0) is 4.79 Å². The molecule has 1 amide bonds. The van der Waals surface area contributed by atoms with Gasteiger partial charge in [0.2, 0.25) is 5.91 Å². The van der Waals surface area contributed by atoms with Crippen molar-refractivity contribution in [2.45, 2.75) is 52.9 Å². The number of anilines is 2. The topological polar surface area (TPSA) is 59.6 Å². The number of carbonyl (C=O) groups is 1. The molecule has 0 radical (unpaired) electrons. The van der Waals surface area contributed by atoms with E-state index in [1.165, 1.54) is 25.7 Å². The Kier molecular flexibility index (Phi) is 10.6. The lowest BCUT2D eigenvalue weighted by atomic mass is 10.2. The molecule has 0 spiro atoms. The minimum Gasteiger partial charge on any atom is -0.494 e. The van der Waals surface area contributed by atoms with E-state index in [1.54, 1.807) is 0 Å². The van der Waals surface area contributed by atoms with Gasteiger partial charge in [0, 0.05) is 5.69 Å². The summed E-state index contributed by atoms with van der Waals surface area (Å²) in [4.78, 5) is 12.3. The maximum atomic E-state index is 12.3. The Hall–Kier alpha value is -2.69. The quantitative estimate of drug-likeness (QED) is 0.367.